The summed E-state index contributed by atoms with van der Waals surface area (Å²) in [4.78, 5) is 7.14. The standard InChI is InChI=1S/C16H26BrN3/c1-12(2)18-10-13-6-4-5-9-20(3)16(13)15-8-7-14(17)11-19-15/h7-8,11-13,16,18H,4-6,9-10H2,1-3H3. The molecule has 0 aliphatic carbocycles. The third-order valence-electron chi connectivity index (χ3n) is 4.10. The molecule has 1 aliphatic heterocycles. The molecule has 1 N–H and O–H groups in total. The summed E-state index contributed by atoms with van der Waals surface area (Å²) in [6, 6.07) is 5.24. The van der Waals surface area contributed by atoms with Crippen LogP contribution in [0.5, 0.6) is 0 Å². The molecular weight excluding hydrogens is 314 g/mol. The maximum atomic E-state index is 4.66. The molecule has 112 valence electrons. The lowest BCUT2D eigenvalue weighted by Gasteiger charge is -2.32. The molecule has 1 aromatic heterocycles. The van der Waals surface area contributed by atoms with E-state index in [4.69, 9.17) is 0 Å². The smallest absolute Gasteiger partial charge is 0.0579 e. The van der Waals surface area contributed by atoms with Crippen LogP contribution in [0.2, 0.25) is 0 Å². The molecule has 1 saturated heterocycles. The highest BCUT2D eigenvalue weighted by Crippen LogP contribution is 2.33. The first-order chi connectivity index (χ1) is 9.58. The van der Waals surface area contributed by atoms with E-state index in [-0.39, 0.29) is 0 Å². The lowest BCUT2D eigenvalue weighted by atomic mass is 9.91. The van der Waals surface area contributed by atoms with E-state index in [0.29, 0.717) is 18.0 Å². The summed E-state index contributed by atoms with van der Waals surface area (Å²) in [5.41, 5.74) is 1.20. The molecule has 2 atom stereocenters. The summed E-state index contributed by atoms with van der Waals surface area (Å²) in [6.07, 6.45) is 5.82. The van der Waals surface area contributed by atoms with Gasteiger partial charge in [-0.2, -0.15) is 0 Å². The maximum absolute atomic E-state index is 4.66. The van der Waals surface area contributed by atoms with Gasteiger partial charge in [-0.15, -0.1) is 0 Å². The highest BCUT2D eigenvalue weighted by Gasteiger charge is 2.29. The van der Waals surface area contributed by atoms with Crippen molar-refractivity contribution >= 4 is 15.9 Å². The third-order valence-corrected chi connectivity index (χ3v) is 4.57. The van der Waals surface area contributed by atoms with Crippen LogP contribution in [0.3, 0.4) is 0 Å². The van der Waals surface area contributed by atoms with Crippen molar-refractivity contribution in [1.82, 2.24) is 15.2 Å². The monoisotopic (exact) mass is 339 g/mol. The fourth-order valence-corrected chi connectivity index (χ4v) is 3.29. The Morgan fingerprint density at radius 1 is 1.40 bits per heavy atom. The Morgan fingerprint density at radius 2 is 2.20 bits per heavy atom. The summed E-state index contributed by atoms with van der Waals surface area (Å²) in [5, 5.41) is 3.61. The number of halogens is 1. The first-order valence-electron chi connectivity index (χ1n) is 7.63. The van der Waals surface area contributed by atoms with Crippen LogP contribution in [-0.2, 0) is 0 Å². The van der Waals surface area contributed by atoms with Crippen LogP contribution in [0, 0.1) is 5.92 Å². The summed E-state index contributed by atoms with van der Waals surface area (Å²) in [6.45, 7) is 6.67. The zero-order valence-electron chi connectivity index (χ0n) is 12.8. The molecule has 4 heteroatoms. The summed E-state index contributed by atoms with van der Waals surface area (Å²) < 4.78 is 1.05. The van der Waals surface area contributed by atoms with E-state index >= 15 is 0 Å². The van der Waals surface area contributed by atoms with Gasteiger partial charge in [0.15, 0.2) is 0 Å². The lowest BCUT2D eigenvalue weighted by Crippen LogP contribution is -2.37. The van der Waals surface area contributed by atoms with Crippen LogP contribution >= 0.6 is 15.9 Å². The van der Waals surface area contributed by atoms with Crippen LogP contribution in [0.1, 0.15) is 44.8 Å². The Morgan fingerprint density at radius 3 is 2.85 bits per heavy atom. The second-order valence-corrected chi connectivity index (χ2v) is 7.06. The average molecular weight is 340 g/mol. The minimum absolute atomic E-state index is 0.428. The van der Waals surface area contributed by atoms with E-state index in [2.05, 4.69) is 64.2 Å². The van der Waals surface area contributed by atoms with Crippen molar-refractivity contribution in [3.8, 4) is 0 Å². The van der Waals surface area contributed by atoms with Crippen LogP contribution in [0.25, 0.3) is 0 Å². The van der Waals surface area contributed by atoms with Crippen molar-refractivity contribution in [2.75, 3.05) is 20.1 Å². The van der Waals surface area contributed by atoms with Gasteiger partial charge in [0.1, 0.15) is 0 Å². The molecule has 0 saturated carbocycles. The van der Waals surface area contributed by atoms with Crippen molar-refractivity contribution in [3.05, 3.63) is 28.5 Å². The molecule has 3 nitrogen and oxygen atoms in total. The van der Waals surface area contributed by atoms with Crippen molar-refractivity contribution < 1.29 is 0 Å². The molecule has 1 aromatic rings. The van der Waals surface area contributed by atoms with Crippen molar-refractivity contribution in [2.24, 2.45) is 5.92 Å². The first-order valence-corrected chi connectivity index (χ1v) is 8.42. The average Bonchev–Trinajstić information content (AvgIpc) is 2.59. The molecule has 2 unspecified atom stereocenters. The normalized spacial score (nSPS) is 24.9. The predicted molar refractivity (Wildman–Crippen MR) is 87.8 cm³/mol. The fourth-order valence-electron chi connectivity index (χ4n) is 3.05. The van der Waals surface area contributed by atoms with Crippen LogP contribution in [0.15, 0.2) is 22.8 Å². The number of hydrogen-bond acceptors (Lipinski definition) is 3. The largest absolute Gasteiger partial charge is 0.314 e. The van der Waals surface area contributed by atoms with Gasteiger partial charge >= 0.3 is 0 Å². The van der Waals surface area contributed by atoms with Gasteiger partial charge in [-0.25, -0.2) is 0 Å². The molecular formula is C16H26BrN3. The van der Waals surface area contributed by atoms with Gasteiger partial charge < -0.3 is 5.32 Å². The van der Waals surface area contributed by atoms with Crippen LogP contribution in [0.4, 0.5) is 0 Å². The molecule has 0 spiro atoms. The van der Waals surface area contributed by atoms with Gasteiger partial charge in [-0.05, 0) is 60.4 Å². The Hall–Kier alpha value is -0.450. The molecule has 20 heavy (non-hydrogen) atoms. The summed E-state index contributed by atoms with van der Waals surface area (Å²) >= 11 is 3.48. The number of aromatic nitrogens is 1. The highest BCUT2D eigenvalue weighted by molar-refractivity contribution is 9.10. The van der Waals surface area contributed by atoms with Crippen molar-refractivity contribution in [1.29, 1.82) is 0 Å². The summed E-state index contributed by atoms with van der Waals surface area (Å²) in [5.74, 6) is 0.638. The van der Waals surface area contributed by atoms with Gasteiger partial charge in [0, 0.05) is 23.3 Å². The lowest BCUT2D eigenvalue weighted by molar-refractivity contribution is 0.183. The van der Waals surface area contributed by atoms with E-state index in [1.807, 2.05) is 6.20 Å². The molecule has 0 aromatic carbocycles. The minimum atomic E-state index is 0.428. The van der Waals surface area contributed by atoms with E-state index in [9.17, 15) is 0 Å². The highest BCUT2D eigenvalue weighted by atomic mass is 79.9. The van der Waals surface area contributed by atoms with Crippen molar-refractivity contribution in [3.63, 3.8) is 0 Å². The number of hydrogen-bond donors (Lipinski definition) is 1. The van der Waals surface area contributed by atoms with Crippen molar-refractivity contribution in [2.45, 2.75) is 45.2 Å². The van der Waals surface area contributed by atoms with E-state index in [1.54, 1.807) is 0 Å². The van der Waals surface area contributed by atoms with Gasteiger partial charge in [0.2, 0.25) is 0 Å². The van der Waals surface area contributed by atoms with Crippen LogP contribution < -0.4 is 5.32 Å². The van der Waals surface area contributed by atoms with Crippen LogP contribution in [-0.4, -0.2) is 36.1 Å². The number of likely N-dealkylation sites (tertiary alicyclic amines) is 1. The fraction of sp³-hybridized carbons (Fsp3) is 0.688. The summed E-state index contributed by atoms with van der Waals surface area (Å²) in [7, 11) is 2.24. The Balaban J connectivity index is 2.18. The van der Waals surface area contributed by atoms with E-state index in [0.717, 1.165) is 11.0 Å². The number of rotatable bonds is 4. The molecule has 0 bridgehead atoms. The molecule has 2 rings (SSSR count). The molecule has 2 heterocycles. The predicted octanol–water partition coefficient (Wildman–Crippen LogP) is 3.62. The van der Waals surface area contributed by atoms with E-state index in [1.165, 1.54) is 31.5 Å². The third kappa shape index (κ3) is 4.27. The van der Waals surface area contributed by atoms with E-state index < -0.39 is 0 Å². The Kier molecular flexibility index (Phi) is 6.00. The zero-order chi connectivity index (χ0) is 14.5. The van der Waals surface area contributed by atoms with Gasteiger partial charge in [-0.1, -0.05) is 20.3 Å². The Labute approximate surface area is 131 Å². The number of nitrogens with zero attached hydrogens (tertiary/aromatic N) is 2. The molecule has 0 amide bonds. The second-order valence-electron chi connectivity index (χ2n) is 6.15. The first kappa shape index (κ1) is 15.9. The van der Waals surface area contributed by atoms with Gasteiger partial charge in [0.05, 0.1) is 11.7 Å². The SMILES string of the molecule is CC(C)NCC1CCCCN(C)C1c1ccc(Br)cn1. The zero-order valence-corrected chi connectivity index (χ0v) is 14.4. The number of pyridine rings is 1. The van der Waals surface area contributed by atoms with Gasteiger partial charge in [-0.3, -0.25) is 9.88 Å². The molecule has 1 aliphatic rings. The minimum Gasteiger partial charge on any atom is -0.314 e. The maximum Gasteiger partial charge on any atom is 0.0579 e. The second kappa shape index (κ2) is 7.53. The molecule has 1 fully saturated rings. The Bertz CT molecular complexity index is 405. The topological polar surface area (TPSA) is 28.2 Å². The molecule has 0 radical (unpaired) electrons. The van der Waals surface area contributed by atoms with Gasteiger partial charge in [0.25, 0.3) is 0 Å². The number of nitrogens with one attached hydrogen (secondary N) is 1. The quantitative estimate of drug-likeness (QED) is 0.907.